The normalized spacial score (nSPS) is 14.0. The molecular formula is C10H14NO4PS. The minimum Gasteiger partial charge on any atom is -0.444 e. The summed E-state index contributed by atoms with van der Waals surface area (Å²) < 4.78 is 10.9. The molecule has 0 aliphatic carbocycles. The molecule has 0 saturated heterocycles. The van der Waals surface area contributed by atoms with Crippen molar-refractivity contribution in [2.24, 2.45) is 0 Å². The van der Waals surface area contributed by atoms with Gasteiger partial charge in [-0.05, 0) is 30.4 Å². The predicted octanol–water partition coefficient (Wildman–Crippen LogP) is 3.34. The molecule has 7 heteroatoms. The van der Waals surface area contributed by atoms with E-state index >= 15 is 0 Å². The number of nitro benzene ring substituents is 1. The van der Waals surface area contributed by atoms with E-state index in [4.69, 9.17) is 20.9 Å². The molecule has 0 bridgehead atoms. The molecule has 0 amide bonds. The van der Waals surface area contributed by atoms with Gasteiger partial charge in [-0.2, -0.15) is 0 Å². The SMILES string of the molecule is CCCOP(C)(=S)Oc1ccc([N+](=O)[O-])cc1. The summed E-state index contributed by atoms with van der Waals surface area (Å²) in [5.74, 6) is 0.498. The summed E-state index contributed by atoms with van der Waals surface area (Å²) in [6.45, 7) is 1.97. The van der Waals surface area contributed by atoms with Crippen molar-refractivity contribution in [1.29, 1.82) is 0 Å². The lowest BCUT2D eigenvalue weighted by molar-refractivity contribution is -0.384. The van der Waals surface area contributed by atoms with Gasteiger partial charge in [-0.1, -0.05) is 6.92 Å². The van der Waals surface area contributed by atoms with Gasteiger partial charge in [0.25, 0.3) is 5.69 Å². The standard InChI is InChI=1S/C10H14NO4PS/c1-3-8-14-16(2,17)15-10-6-4-9(5-7-10)11(12)13/h4-7H,3,8H2,1-2H3. The maximum absolute atomic E-state index is 10.5. The summed E-state index contributed by atoms with van der Waals surface area (Å²) in [6.07, 6.45) is 0.871. The Hall–Kier alpha value is -0.970. The van der Waals surface area contributed by atoms with Gasteiger partial charge in [-0.25, -0.2) is 0 Å². The van der Waals surface area contributed by atoms with Crippen molar-refractivity contribution in [2.75, 3.05) is 13.3 Å². The van der Waals surface area contributed by atoms with E-state index in [2.05, 4.69) is 0 Å². The van der Waals surface area contributed by atoms with Crippen LogP contribution in [0.3, 0.4) is 0 Å². The molecule has 0 saturated carbocycles. The minimum atomic E-state index is -2.31. The highest BCUT2D eigenvalue weighted by molar-refractivity contribution is 8.09. The number of nitro groups is 1. The summed E-state index contributed by atoms with van der Waals surface area (Å²) in [7, 11) is 0. The average molecular weight is 275 g/mol. The lowest BCUT2D eigenvalue weighted by Crippen LogP contribution is -1.97. The first-order chi connectivity index (χ1) is 7.94. The largest absolute Gasteiger partial charge is 0.444 e. The topological polar surface area (TPSA) is 61.6 Å². The van der Waals surface area contributed by atoms with Crippen LogP contribution in [0.15, 0.2) is 24.3 Å². The fourth-order valence-corrected chi connectivity index (χ4v) is 2.66. The zero-order valence-electron chi connectivity index (χ0n) is 9.66. The van der Waals surface area contributed by atoms with Gasteiger partial charge in [-0.15, -0.1) is 0 Å². The van der Waals surface area contributed by atoms with Crippen LogP contribution >= 0.6 is 6.49 Å². The van der Waals surface area contributed by atoms with Crippen LogP contribution in [0, 0.1) is 10.1 Å². The highest BCUT2D eigenvalue weighted by atomic mass is 32.5. The van der Waals surface area contributed by atoms with Crippen molar-refractivity contribution in [2.45, 2.75) is 13.3 Å². The molecule has 0 radical (unpaired) electrons. The quantitative estimate of drug-likeness (QED) is 0.452. The first-order valence-electron chi connectivity index (χ1n) is 5.10. The maximum Gasteiger partial charge on any atom is 0.269 e. The number of hydrogen-bond acceptors (Lipinski definition) is 5. The molecule has 0 fully saturated rings. The summed E-state index contributed by atoms with van der Waals surface area (Å²) in [5, 5.41) is 10.5. The zero-order chi connectivity index (χ0) is 12.9. The van der Waals surface area contributed by atoms with Crippen molar-refractivity contribution < 1.29 is 14.0 Å². The molecule has 1 aromatic rings. The second-order valence-electron chi connectivity index (χ2n) is 3.45. The fourth-order valence-electron chi connectivity index (χ4n) is 1.10. The molecule has 1 unspecified atom stereocenters. The van der Waals surface area contributed by atoms with Crippen LogP contribution in [-0.4, -0.2) is 18.2 Å². The Balaban J connectivity index is 2.68. The van der Waals surface area contributed by atoms with E-state index in [1.54, 1.807) is 6.66 Å². The molecule has 5 nitrogen and oxygen atoms in total. The molecular weight excluding hydrogens is 261 g/mol. The molecule has 0 aliphatic rings. The molecule has 0 heterocycles. The molecule has 17 heavy (non-hydrogen) atoms. The molecule has 0 N–H and O–H groups in total. The average Bonchev–Trinajstić information content (AvgIpc) is 2.26. The van der Waals surface area contributed by atoms with E-state index in [9.17, 15) is 10.1 Å². The Morgan fingerprint density at radius 1 is 1.41 bits per heavy atom. The second-order valence-corrected chi connectivity index (χ2v) is 7.42. The highest BCUT2D eigenvalue weighted by Crippen LogP contribution is 2.44. The molecule has 1 rings (SSSR count). The predicted molar refractivity (Wildman–Crippen MR) is 70.2 cm³/mol. The number of non-ortho nitro benzene ring substituents is 1. The lowest BCUT2D eigenvalue weighted by atomic mass is 10.3. The van der Waals surface area contributed by atoms with Crippen molar-refractivity contribution >= 4 is 24.0 Å². The Labute approximate surface area is 105 Å². The second kappa shape index (κ2) is 6.10. The van der Waals surface area contributed by atoms with E-state index < -0.39 is 11.4 Å². The van der Waals surface area contributed by atoms with Crippen molar-refractivity contribution in [1.82, 2.24) is 0 Å². The molecule has 1 atom stereocenters. The molecule has 0 aromatic heterocycles. The Kier molecular flexibility index (Phi) is 5.05. The first kappa shape index (κ1) is 14.1. The van der Waals surface area contributed by atoms with Crippen molar-refractivity contribution in [3.63, 3.8) is 0 Å². The van der Waals surface area contributed by atoms with Gasteiger partial charge in [0.05, 0.1) is 11.5 Å². The first-order valence-corrected chi connectivity index (χ1v) is 8.19. The van der Waals surface area contributed by atoms with Crippen LogP contribution in [0.25, 0.3) is 0 Å². The summed E-state index contributed by atoms with van der Waals surface area (Å²) in [6, 6.07) is 5.81. The minimum absolute atomic E-state index is 0.0243. The van der Waals surface area contributed by atoms with Crippen LogP contribution in [-0.2, 0) is 16.3 Å². The monoisotopic (exact) mass is 275 g/mol. The van der Waals surface area contributed by atoms with E-state index in [-0.39, 0.29) is 5.69 Å². The van der Waals surface area contributed by atoms with Crippen LogP contribution in [0.5, 0.6) is 5.75 Å². The van der Waals surface area contributed by atoms with Crippen LogP contribution < -0.4 is 4.52 Å². The van der Waals surface area contributed by atoms with Gasteiger partial charge in [0.2, 0.25) is 6.49 Å². The summed E-state index contributed by atoms with van der Waals surface area (Å²) >= 11 is 5.21. The van der Waals surface area contributed by atoms with Crippen LogP contribution in [0.4, 0.5) is 5.69 Å². The van der Waals surface area contributed by atoms with Crippen molar-refractivity contribution in [3.8, 4) is 5.75 Å². The van der Waals surface area contributed by atoms with E-state index in [0.717, 1.165) is 6.42 Å². The van der Waals surface area contributed by atoms with E-state index in [0.29, 0.717) is 12.4 Å². The smallest absolute Gasteiger partial charge is 0.269 e. The number of benzene rings is 1. The van der Waals surface area contributed by atoms with Gasteiger partial charge in [0.1, 0.15) is 5.75 Å². The Morgan fingerprint density at radius 3 is 2.47 bits per heavy atom. The van der Waals surface area contributed by atoms with E-state index in [1.165, 1.54) is 24.3 Å². The fraction of sp³-hybridized carbons (Fsp3) is 0.400. The van der Waals surface area contributed by atoms with Gasteiger partial charge in [0.15, 0.2) is 0 Å². The van der Waals surface area contributed by atoms with Gasteiger partial charge in [0, 0.05) is 18.8 Å². The molecule has 0 spiro atoms. The van der Waals surface area contributed by atoms with Crippen molar-refractivity contribution in [3.05, 3.63) is 34.4 Å². The number of hydrogen-bond donors (Lipinski definition) is 0. The Bertz CT molecular complexity index is 434. The molecule has 94 valence electrons. The third-order valence-electron chi connectivity index (χ3n) is 1.85. The van der Waals surface area contributed by atoms with Crippen LogP contribution in [0.1, 0.15) is 13.3 Å². The van der Waals surface area contributed by atoms with Gasteiger partial charge in [-0.3, -0.25) is 10.1 Å². The highest BCUT2D eigenvalue weighted by Gasteiger charge is 2.13. The Morgan fingerprint density at radius 2 is 2.00 bits per heavy atom. The van der Waals surface area contributed by atoms with Crippen LogP contribution in [0.2, 0.25) is 0 Å². The number of rotatable bonds is 6. The zero-order valence-corrected chi connectivity index (χ0v) is 11.4. The lowest BCUT2D eigenvalue weighted by Gasteiger charge is -2.18. The summed E-state index contributed by atoms with van der Waals surface area (Å²) in [5.41, 5.74) is 0.0243. The molecule has 0 aliphatic heterocycles. The number of nitrogens with zero attached hydrogens (tertiary/aromatic N) is 1. The van der Waals surface area contributed by atoms with Gasteiger partial charge >= 0.3 is 0 Å². The molecule has 1 aromatic carbocycles. The third kappa shape index (κ3) is 4.81. The van der Waals surface area contributed by atoms with E-state index in [1.807, 2.05) is 6.92 Å². The summed E-state index contributed by atoms with van der Waals surface area (Å²) in [4.78, 5) is 10.0. The van der Waals surface area contributed by atoms with Gasteiger partial charge < -0.3 is 9.05 Å². The maximum atomic E-state index is 10.5. The third-order valence-corrected chi connectivity index (χ3v) is 3.58.